The molecule has 4 rings (SSSR count). The normalized spacial score (nSPS) is 10.6. The fraction of sp³-hybridized carbons (Fsp3) is 0.0500. The maximum atomic E-state index is 12.1. The van der Waals surface area contributed by atoms with Gasteiger partial charge in [-0.15, -0.1) is 10.2 Å². The summed E-state index contributed by atoms with van der Waals surface area (Å²) in [5.74, 6) is 1.31. The molecule has 8 heteroatoms. The predicted octanol–water partition coefficient (Wildman–Crippen LogP) is 4.67. The van der Waals surface area contributed by atoms with Gasteiger partial charge in [0.15, 0.2) is 12.4 Å². The summed E-state index contributed by atoms with van der Waals surface area (Å²) >= 11 is 6.00. The monoisotopic (exact) mass is 395 g/mol. The quantitative estimate of drug-likeness (QED) is 0.510. The average Bonchev–Trinajstić information content (AvgIpc) is 3.40. The van der Waals surface area contributed by atoms with Crippen LogP contribution < -0.4 is 10.1 Å². The lowest BCUT2D eigenvalue weighted by atomic mass is 10.2. The van der Waals surface area contributed by atoms with Gasteiger partial charge >= 0.3 is 0 Å². The predicted molar refractivity (Wildman–Crippen MR) is 103 cm³/mol. The molecule has 0 aliphatic heterocycles. The van der Waals surface area contributed by atoms with Gasteiger partial charge in [-0.2, -0.15) is 0 Å². The van der Waals surface area contributed by atoms with Gasteiger partial charge in [0.2, 0.25) is 5.89 Å². The molecule has 28 heavy (non-hydrogen) atoms. The van der Waals surface area contributed by atoms with E-state index in [9.17, 15) is 4.79 Å². The first-order valence-corrected chi connectivity index (χ1v) is 8.72. The summed E-state index contributed by atoms with van der Waals surface area (Å²) in [6, 6.07) is 17.5. The number of ether oxygens (including phenoxy) is 1. The van der Waals surface area contributed by atoms with Crippen LogP contribution in [0.15, 0.2) is 75.8 Å². The van der Waals surface area contributed by atoms with Crippen molar-refractivity contribution in [2.24, 2.45) is 0 Å². The zero-order valence-corrected chi connectivity index (χ0v) is 15.2. The molecule has 1 amide bonds. The Morgan fingerprint density at radius 2 is 1.79 bits per heavy atom. The number of para-hydroxylation sites is 1. The molecule has 0 bridgehead atoms. The lowest BCUT2D eigenvalue weighted by molar-refractivity contribution is -0.118. The number of carbonyl (C=O) groups is 1. The Morgan fingerprint density at radius 1 is 1.00 bits per heavy atom. The minimum absolute atomic E-state index is 0.151. The smallest absolute Gasteiger partial charge is 0.283 e. The maximum absolute atomic E-state index is 12.1. The number of aromatic nitrogens is 2. The van der Waals surface area contributed by atoms with Crippen molar-refractivity contribution in [3.05, 3.63) is 71.9 Å². The SMILES string of the molecule is O=C(COc1ccccc1Cl)Nc1ccc(-c2nnc(-c3ccco3)o2)cc1. The molecule has 0 fully saturated rings. The summed E-state index contributed by atoms with van der Waals surface area (Å²) in [7, 11) is 0. The molecule has 2 aromatic carbocycles. The minimum atomic E-state index is -0.300. The molecule has 0 spiro atoms. The number of nitrogens with zero attached hydrogens (tertiary/aromatic N) is 2. The number of amides is 1. The molecule has 0 saturated heterocycles. The van der Waals surface area contributed by atoms with Gasteiger partial charge in [0.1, 0.15) is 5.75 Å². The van der Waals surface area contributed by atoms with Crippen molar-refractivity contribution < 1.29 is 18.4 Å². The van der Waals surface area contributed by atoms with Gasteiger partial charge in [0.05, 0.1) is 11.3 Å². The number of nitrogens with one attached hydrogen (secondary N) is 1. The van der Waals surface area contributed by atoms with Crippen molar-refractivity contribution in [3.63, 3.8) is 0 Å². The zero-order chi connectivity index (χ0) is 19.3. The van der Waals surface area contributed by atoms with E-state index in [-0.39, 0.29) is 12.5 Å². The second-order valence-electron chi connectivity index (χ2n) is 5.73. The van der Waals surface area contributed by atoms with Crippen molar-refractivity contribution in [3.8, 4) is 28.9 Å². The van der Waals surface area contributed by atoms with Crippen molar-refractivity contribution in [2.75, 3.05) is 11.9 Å². The standard InChI is InChI=1S/C20H14ClN3O4/c21-15-4-1-2-5-16(15)27-12-18(25)22-14-9-7-13(8-10-14)19-23-24-20(28-19)17-6-3-11-26-17/h1-11H,12H2,(H,22,25). The molecule has 0 radical (unpaired) electrons. The molecular formula is C20H14ClN3O4. The van der Waals surface area contributed by atoms with E-state index in [2.05, 4.69) is 15.5 Å². The van der Waals surface area contributed by atoms with Gasteiger partial charge in [-0.05, 0) is 48.5 Å². The van der Waals surface area contributed by atoms with Crippen molar-refractivity contribution in [1.82, 2.24) is 10.2 Å². The Bertz CT molecular complexity index is 1080. The van der Waals surface area contributed by atoms with E-state index in [1.807, 2.05) is 0 Å². The molecule has 140 valence electrons. The number of rotatable bonds is 6. The van der Waals surface area contributed by atoms with E-state index in [0.29, 0.717) is 34.0 Å². The second kappa shape index (κ2) is 7.98. The summed E-state index contributed by atoms with van der Waals surface area (Å²) in [4.78, 5) is 12.1. The molecule has 0 aliphatic rings. The highest BCUT2D eigenvalue weighted by Crippen LogP contribution is 2.25. The van der Waals surface area contributed by atoms with Crippen LogP contribution in [0.1, 0.15) is 0 Å². The number of hydrogen-bond acceptors (Lipinski definition) is 6. The van der Waals surface area contributed by atoms with Crippen LogP contribution in [0.2, 0.25) is 5.02 Å². The number of halogens is 1. The lowest BCUT2D eigenvalue weighted by Gasteiger charge is -2.08. The summed E-state index contributed by atoms with van der Waals surface area (Å²) in [5.41, 5.74) is 1.33. The van der Waals surface area contributed by atoms with Gasteiger partial charge in [-0.3, -0.25) is 4.79 Å². The molecule has 1 N–H and O–H groups in total. The Hall–Kier alpha value is -3.58. The summed E-state index contributed by atoms with van der Waals surface area (Å²) in [6.07, 6.45) is 1.53. The van der Waals surface area contributed by atoms with Gasteiger partial charge < -0.3 is 18.9 Å². The molecule has 2 heterocycles. The molecule has 0 aliphatic carbocycles. The molecule has 2 aromatic heterocycles. The van der Waals surface area contributed by atoms with Crippen molar-refractivity contribution in [1.29, 1.82) is 0 Å². The van der Waals surface area contributed by atoms with Crippen LogP contribution in [0, 0.1) is 0 Å². The van der Waals surface area contributed by atoms with Crippen LogP contribution >= 0.6 is 11.6 Å². The van der Waals surface area contributed by atoms with Crippen molar-refractivity contribution in [2.45, 2.75) is 0 Å². The van der Waals surface area contributed by atoms with E-state index in [1.165, 1.54) is 6.26 Å². The number of furan rings is 1. The Kier molecular flexibility index (Phi) is 5.07. The summed E-state index contributed by atoms with van der Waals surface area (Å²) in [6.45, 7) is -0.151. The molecule has 0 atom stereocenters. The number of carbonyl (C=O) groups excluding carboxylic acids is 1. The third kappa shape index (κ3) is 4.05. The maximum Gasteiger partial charge on any atom is 0.283 e. The third-order valence-corrected chi connectivity index (χ3v) is 4.08. The van der Waals surface area contributed by atoms with Gasteiger partial charge in [0, 0.05) is 11.3 Å². The van der Waals surface area contributed by atoms with E-state index in [1.54, 1.807) is 60.7 Å². The van der Waals surface area contributed by atoms with Crippen LogP contribution in [0.3, 0.4) is 0 Å². The first kappa shape index (κ1) is 17.8. The number of anilines is 1. The van der Waals surface area contributed by atoms with Gasteiger partial charge in [-0.25, -0.2) is 0 Å². The number of hydrogen-bond donors (Lipinski definition) is 1. The first-order valence-electron chi connectivity index (χ1n) is 8.34. The fourth-order valence-electron chi connectivity index (χ4n) is 2.44. The van der Waals surface area contributed by atoms with E-state index in [4.69, 9.17) is 25.2 Å². The Balaban J connectivity index is 1.37. The number of benzene rings is 2. The molecule has 0 unspecified atom stereocenters. The highest BCUT2D eigenvalue weighted by atomic mass is 35.5. The Labute approximate surface area is 164 Å². The topological polar surface area (TPSA) is 90.4 Å². The summed E-state index contributed by atoms with van der Waals surface area (Å²) in [5, 5.41) is 11.2. The third-order valence-electron chi connectivity index (χ3n) is 3.77. The lowest BCUT2D eigenvalue weighted by Crippen LogP contribution is -2.20. The first-order chi connectivity index (χ1) is 13.7. The van der Waals surface area contributed by atoms with E-state index < -0.39 is 0 Å². The molecule has 0 saturated carbocycles. The highest BCUT2D eigenvalue weighted by Gasteiger charge is 2.12. The zero-order valence-electron chi connectivity index (χ0n) is 14.5. The van der Waals surface area contributed by atoms with Gasteiger partial charge in [-0.1, -0.05) is 23.7 Å². The molecule has 4 aromatic rings. The fourth-order valence-corrected chi connectivity index (χ4v) is 2.63. The van der Waals surface area contributed by atoms with Crippen LogP contribution in [0.25, 0.3) is 23.1 Å². The Morgan fingerprint density at radius 3 is 2.54 bits per heavy atom. The second-order valence-corrected chi connectivity index (χ2v) is 6.14. The molecular weight excluding hydrogens is 382 g/mol. The molecule has 7 nitrogen and oxygen atoms in total. The largest absolute Gasteiger partial charge is 0.482 e. The van der Waals surface area contributed by atoms with Crippen LogP contribution in [-0.4, -0.2) is 22.7 Å². The van der Waals surface area contributed by atoms with Gasteiger partial charge in [0.25, 0.3) is 11.8 Å². The minimum Gasteiger partial charge on any atom is -0.482 e. The average molecular weight is 396 g/mol. The van der Waals surface area contributed by atoms with Crippen LogP contribution in [0.4, 0.5) is 5.69 Å². The summed E-state index contributed by atoms with van der Waals surface area (Å²) < 4.78 is 16.2. The van der Waals surface area contributed by atoms with E-state index in [0.717, 1.165) is 5.56 Å². The highest BCUT2D eigenvalue weighted by molar-refractivity contribution is 6.32. The van der Waals surface area contributed by atoms with Crippen molar-refractivity contribution >= 4 is 23.2 Å². The van der Waals surface area contributed by atoms with Crippen LogP contribution in [0.5, 0.6) is 5.75 Å². The van der Waals surface area contributed by atoms with Crippen LogP contribution in [-0.2, 0) is 4.79 Å². The van der Waals surface area contributed by atoms with E-state index >= 15 is 0 Å².